The van der Waals surface area contributed by atoms with E-state index in [4.69, 9.17) is 16.7 Å². The lowest BCUT2D eigenvalue weighted by Gasteiger charge is -2.27. The Labute approximate surface area is 123 Å². The van der Waals surface area contributed by atoms with Gasteiger partial charge in [0.25, 0.3) is 0 Å². The fourth-order valence-corrected chi connectivity index (χ4v) is 1.91. The van der Waals surface area contributed by atoms with Crippen LogP contribution in [0.5, 0.6) is 0 Å². The van der Waals surface area contributed by atoms with E-state index >= 15 is 0 Å². The average molecular weight is 299 g/mol. The molecule has 6 heteroatoms. The zero-order chi connectivity index (χ0) is 15.1. The first-order valence-electron chi connectivity index (χ1n) is 6.45. The highest BCUT2D eigenvalue weighted by Crippen LogP contribution is 2.14. The van der Waals surface area contributed by atoms with Crippen LogP contribution >= 0.6 is 11.6 Å². The molecular weight excluding hydrogens is 280 g/mol. The molecule has 1 rings (SSSR count). The Kier molecular flexibility index (Phi) is 6.31. The molecular formula is C14H19ClN2O3. The maximum Gasteiger partial charge on any atom is 0.323 e. The van der Waals surface area contributed by atoms with Gasteiger partial charge in [-0.05, 0) is 25.0 Å². The summed E-state index contributed by atoms with van der Waals surface area (Å²) in [6.45, 7) is 3.67. The number of carbonyl (C=O) groups excluding carboxylic acids is 1. The van der Waals surface area contributed by atoms with Gasteiger partial charge in [-0.3, -0.25) is 4.79 Å². The number of benzene rings is 1. The highest BCUT2D eigenvalue weighted by Gasteiger charge is 2.21. The van der Waals surface area contributed by atoms with Gasteiger partial charge in [0.2, 0.25) is 0 Å². The first kappa shape index (κ1) is 16.3. The zero-order valence-electron chi connectivity index (χ0n) is 11.6. The van der Waals surface area contributed by atoms with Crippen LogP contribution in [0.3, 0.4) is 0 Å². The quantitative estimate of drug-likeness (QED) is 0.848. The molecule has 0 aromatic heterocycles. The van der Waals surface area contributed by atoms with Crippen LogP contribution in [0.2, 0.25) is 5.02 Å². The molecule has 1 atom stereocenters. The highest BCUT2D eigenvalue weighted by atomic mass is 35.5. The largest absolute Gasteiger partial charge is 0.480 e. The minimum Gasteiger partial charge on any atom is -0.480 e. The zero-order valence-corrected chi connectivity index (χ0v) is 12.4. The average Bonchev–Trinajstić information content (AvgIpc) is 2.42. The summed E-state index contributed by atoms with van der Waals surface area (Å²) in [6.07, 6.45) is 0.687. The lowest BCUT2D eigenvalue weighted by molar-refractivity contribution is -0.138. The summed E-state index contributed by atoms with van der Waals surface area (Å²) >= 11 is 6.00. The number of nitrogens with one attached hydrogen (secondary N) is 1. The molecule has 0 aliphatic carbocycles. The second kappa shape index (κ2) is 7.75. The summed E-state index contributed by atoms with van der Waals surface area (Å²) in [5.74, 6) is -1.03. The Hall–Kier alpha value is -1.75. The van der Waals surface area contributed by atoms with Gasteiger partial charge < -0.3 is 15.3 Å². The van der Waals surface area contributed by atoms with Crippen LogP contribution in [0.15, 0.2) is 24.3 Å². The van der Waals surface area contributed by atoms with Crippen molar-refractivity contribution in [1.29, 1.82) is 0 Å². The summed E-state index contributed by atoms with van der Waals surface area (Å²) in [6, 6.07) is 6.65. The van der Waals surface area contributed by atoms with Crippen LogP contribution in [-0.4, -0.2) is 34.6 Å². The number of aliphatic carboxylic acids is 1. The molecule has 1 unspecified atom stereocenters. The van der Waals surface area contributed by atoms with Crippen molar-refractivity contribution in [3.05, 3.63) is 34.9 Å². The van der Waals surface area contributed by atoms with Crippen LogP contribution in [0, 0.1) is 0 Å². The number of carbonyl (C=O) groups is 2. The summed E-state index contributed by atoms with van der Waals surface area (Å²) < 4.78 is 0. The van der Waals surface area contributed by atoms with Crippen LogP contribution < -0.4 is 5.32 Å². The van der Waals surface area contributed by atoms with Gasteiger partial charge in [-0.1, -0.05) is 36.7 Å². The fourth-order valence-electron chi connectivity index (χ4n) is 1.71. The predicted octanol–water partition coefficient (Wildman–Crippen LogP) is 2.73. The molecule has 0 fully saturated rings. The summed E-state index contributed by atoms with van der Waals surface area (Å²) in [7, 11) is 0. The van der Waals surface area contributed by atoms with Gasteiger partial charge >= 0.3 is 12.0 Å². The Morgan fingerprint density at radius 3 is 2.60 bits per heavy atom. The van der Waals surface area contributed by atoms with E-state index in [0.29, 0.717) is 11.4 Å². The number of rotatable bonds is 6. The minimum absolute atomic E-state index is 0.141. The van der Waals surface area contributed by atoms with Gasteiger partial charge in [-0.2, -0.15) is 0 Å². The van der Waals surface area contributed by atoms with Gasteiger partial charge in [0.05, 0.1) is 0 Å². The van der Waals surface area contributed by atoms with E-state index in [9.17, 15) is 9.59 Å². The molecule has 0 heterocycles. The topological polar surface area (TPSA) is 69.6 Å². The third kappa shape index (κ3) is 4.74. The molecule has 20 heavy (non-hydrogen) atoms. The van der Waals surface area contributed by atoms with E-state index < -0.39 is 12.0 Å². The number of carboxylic acid groups (broad SMARTS) is 1. The molecule has 0 bridgehead atoms. The molecule has 0 saturated heterocycles. The van der Waals surface area contributed by atoms with E-state index in [2.05, 4.69) is 5.32 Å². The van der Waals surface area contributed by atoms with Crippen molar-refractivity contribution >= 4 is 23.6 Å². The number of hydrogen-bond acceptors (Lipinski definition) is 2. The molecule has 0 aliphatic heterocycles. The molecule has 110 valence electrons. The van der Waals surface area contributed by atoms with Crippen molar-refractivity contribution in [1.82, 2.24) is 10.2 Å². The minimum atomic E-state index is -1.03. The SMILES string of the molecule is CCC(C)N(CC(=O)O)C(=O)NCc1ccccc1Cl. The first-order valence-corrected chi connectivity index (χ1v) is 6.83. The second-order valence-electron chi connectivity index (χ2n) is 4.53. The van der Waals surface area contributed by atoms with Gasteiger partial charge in [0.15, 0.2) is 0 Å². The van der Waals surface area contributed by atoms with Crippen molar-refractivity contribution in [2.45, 2.75) is 32.9 Å². The predicted molar refractivity (Wildman–Crippen MR) is 77.8 cm³/mol. The molecule has 1 aromatic carbocycles. The lowest BCUT2D eigenvalue weighted by Crippen LogP contribution is -2.47. The van der Waals surface area contributed by atoms with Crippen LogP contribution in [0.25, 0.3) is 0 Å². The van der Waals surface area contributed by atoms with Crippen molar-refractivity contribution in [2.24, 2.45) is 0 Å². The molecule has 2 amide bonds. The third-order valence-corrected chi connectivity index (χ3v) is 3.45. The molecule has 2 N–H and O–H groups in total. The van der Waals surface area contributed by atoms with Gasteiger partial charge in [0.1, 0.15) is 6.54 Å². The van der Waals surface area contributed by atoms with Gasteiger partial charge in [-0.25, -0.2) is 4.79 Å². The molecule has 0 spiro atoms. The van der Waals surface area contributed by atoms with E-state index in [0.717, 1.165) is 5.56 Å². The maximum absolute atomic E-state index is 12.1. The number of amides is 2. The van der Waals surface area contributed by atoms with E-state index in [1.54, 1.807) is 6.07 Å². The molecule has 1 aromatic rings. The van der Waals surface area contributed by atoms with Crippen LogP contribution in [0.1, 0.15) is 25.8 Å². The Bertz CT molecular complexity index is 479. The monoisotopic (exact) mass is 298 g/mol. The van der Waals surface area contributed by atoms with Crippen LogP contribution in [0.4, 0.5) is 4.79 Å². The van der Waals surface area contributed by atoms with Crippen molar-refractivity contribution < 1.29 is 14.7 Å². The van der Waals surface area contributed by atoms with E-state index in [1.165, 1.54) is 4.90 Å². The van der Waals surface area contributed by atoms with Gasteiger partial charge in [-0.15, -0.1) is 0 Å². The standard InChI is InChI=1S/C14H19ClN2O3/c1-3-10(2)17(9-13(18)19)14(20)16-8-11-6-4-5-7-12(11)15/h4-7,10H,3,8-9H2,1-2H3,(H,16,20)(H,18,19). The smallest absolute Gasteiger partial charge is 0.323 e. The Balaban J connectivity index is 2.67. The van der Waals surface area contributed by atoms with Crippen molar-refractivity contribution in [3.8, 4) is 0 Å². The second-order valence-corrected chi connectivity index (χ2v) is 4.94. The normalized spacial score (nSPS) is 11.8. The van der Waals surface area contributed by atoms with E-state index in [1.807, 2.05) is 32.0 Å². The van der Waals surface area contributed by atoms with Crippen molar-refractivity contribution in [2.75, 3.05) is 6.54 Å². The first-order chi connectivity index (χ1) is 9.45. The Morgan fingerprint density at radius 1 is 1.40 bits per heavy atom. The summed E-state index contributed by atoms with van der Waals surface area (Å²) in [5.41, 5.74) is 0.793. The summed E-state index contributed by atoms with van der Waals surface area (Å²) in [5, 5.41) is 12.1. The van der Waals surface area contributed by atoms with Crippen molar-refractivity contribution in [3.63, 3.8) is 0 Å². The molecule has 0 radical (unpaired) electrons. The maximum atomic E-state index is 12.1. The highest BCUT2D eigenvalue weighted by molar-refractivity contribution is 6.31. The number of carboxylic acids is 1. The number of halogens is 1. The molecule has 0 aliphatic rings. The molecule has 5 nitrogen and oxygen atoms in total. The Morgan fingerprint density at radius 2 is 2.05 bits per heavy atom. The number of nitrogens with zero attached hydrogens (tertiary/aromatic N) is 1. The third-order valence-electron chi connectivity index (χ3n) is 3.08. The number of hydrogen-bond donors (Lipinski definition) is 2. The van der Waals surface area contributed by atoms with Gasteiger partial charge in [0, 0.05) is 17.6 Å². The fraction of sp³-hybridized carbons (Fsp3) is 0.429. The summed E-state index contributed by atoms with van der Waals surface area (Å²) in [4.78, 5) is 24.2. The van der Waals surface area contributed by atoms with Crippen LogP contribution in [-0.2, 0) is 11.3 Å². The molecule has 0 saturated carbocycles. The van der Waals surface area contributed by atoms with E-state index in [-0.39, 0.29) is 19.1 Å². The number of urea groups is 1. The lowest BCUT2D eigenvalue weighted by atomic mass is 10.2.